The van der Waals surface area contributed by atoms with Crippen LogP contribution in [0.3, 0.4) is 0 Å². The van der Waals surface area contributed by atoms with Gasteiger partial charge >= 0.3 is 0 Å². The molecule has 0 bridgehead atoms. The molecule has 46 heavy (non-hydrogen) atoms. The first-order chi connectivity index (χ1) is 21.5. The number of benzene rings is 5. The molecule has 8 heteroatoms. The van der Waals surface area contributed by atoms with E-state index in [1.807, 2.05) is 45.0 Å². The molecule has 5 aromatic carbocycles. The van der Waals surface area contributed by atoms with Crippen LogP contribution in [-0.2, 0) is 25.1 Å². The van der Waals surface area contributed by atoms with Crippen molar-refractivity contribution in [1.82, 2.24) is 0 Å². The second-order valence-electron chi connectivity index (χ2n) is 13.1. The predicted molar refractivity (Wildman–Crippen MR) is 181 cm³/mol. The smallest absolute Gasteiger partial charge is 0.206 e. The third-order valence-corrected chi connectivity index (χ3v) is 10.9. The zero-order valence-electron chi connectivity index (χ0n) is 26.8. The maximum Gasteiger partial charge on any atom is 0.206 e. The Kier molecular flexibility index (Phi) is 8.90. The Hall–Kier alpha value is -4.40. The highest BCUT2D eigenvalue weighted by Gasteiger charge is 2.21. The fourth-order valence-corrected chi connectivity index (χ4v) is 7.33. The minimum atomic E-state index is -3.77. The summed E-state index contributed by atoms with van der Waals surface area (Å²) in [5, 5.41) is 0. The number of sulfone groups is 2. The van der Waals surface area contributed by atoms with Crippen LogP contribution in [0.25, 0.3) is 11.1 Å². The molecule has 6 nitrogen and oxygen atoms in total. The van der Waals surface area contributed by atoms with Gasteiger partial charge in [0.2, 0.25) is 19.7 Å². The van der Waals surface area contributed by atoms with Gasteiger partial charge in [0.25, 0.3) is 0 Å². The van der Waals surface area contributed by atoms with E-state index >= 15 is 0 Å². The molecule has 0 atom stereocenters. The summed E-state index contributed by atoms with van der Waals surface area (Å²) < 4.78 is 64.9. The minimum Gasteiger partial charge on any atom is -0.488 e. The van der Waals surface area contributed by atoms with Gasteiger partial charge in [0.05, 0.1) is 19.6 Å². The Balaban J connectivity index is 1.27. The van der Waals surface area contributed by atoms with Crippen LogP contribution in [-0.4, -0.2) is 22.4 Å². The first-order valence-corrected chi connectivity index (χ1v) is 17.9. The number of ether oxygens (including phenoxy) is 2. The lowest BCUT2D eigenvalue weighted by Crippen LogP contribution is -2.22. The molecule has 0 aliphatic carbocycles. The van der Waals surface area contributed by atoms with Crippen molar-refractivity contribution in [1.29, 1.82) is 0 Å². The number of hydrogen-bond acceptors (Lipinski definition) is 6. The lowest BCUT2D eigenvalue weighted by molar-refractivity contribution is 0.131. The lowest BCUT2D eigenvalue weighted by atomic mass is 9.87. The Morgan fingerprint density at radius 1 is 0.413 bits per heavy atom. The second-order valence-corrected chi connectivity index (χ2v) is 17.0. The molecule has 0 aromatic heterocycles. The van der Waals surface area contributed by atoms with Crippen LogP contribution in [0.5, 0.6) is 17.2 Å². The molecule has 5 rings (SSSR count). The maximum atomic E-state index is 13.3. The average molecular weight is 655 g/mol. The molecule has 0 fully saturated rings. The van der Waals surface area contributed by atoms with Gasteiger partial charge in [-0.25, -0.2) is 16.8 Å². The van der Waals surface area contributed by atoms with Crippen LogP contribution in [0.2, 0.25) is 0 Å². The van der Waals surface area contributed by atoms with Crippen LogP contribution in [0.4, 0.5) is 0 Å². The van der Waals surface area contributed by atoms with E-state index in [1.54, 1.807) is 84.9 Å². The molecule has 0 spiro atoms. The number of hydrogen-bond donors (Lipinski definition) is 0. The fraction of sp³-hybridized carbons (Fsp3) is 0.211. The van der Waals surface area contributed by atoms with Gasteiger partial charge in [-0.3, -0.25) is 0 Å². The van der Waals surface area contributed by atoms with Crippen molar-refractivity contribution in [2.75, 3.05) is 0 Å². The summed E-state index contributed by atoms with van der Waals surface area (Å²) in [5.41, 5.74) is 2.21. The summed E-state index contributed by atoms with van der Waals surface area (Å²) in [4.78, 5) is 0.726. The van der Waals surface area contributed by atoms with E-state index in [4.69, 9.17) is 9.47 Å². The molecular formula is C38H38O6S2. The van der Waals surface area contributed by atoms with Gasteiger partial charge in [-0.2, -0.15) is 0 Å². The third kappa shape index (κ3) is 7.52. The van der Waals surface area contributed by atoms with E-state index < -0.39 is 19.7 Å². The van der Waals surface area contributed by atoms with Crippen molar-refractivity contribution in [2.24, 2.45) is 0 Å². The highest BCUT2D eigenvalue weighted by atomic mass is 32.2. The van der Waals surface area contributed by atoms with Crippen LogP contribution < -0.4 is 9.47 Å². The van der Waals surface area contributed by atoms with E-state index in [-0.39, 0.29) is 30.6 Å². The predicted octanol–water partition coefficient (Wildman–Crippen LogP) is 9.29. The zero-order valence-corrected chi connectivity index (χ0v) is 28.4. The molecule has 0 heterocycles. The molecule has 0 amide bonds. The molecular weight excluding hydrogens is 617 g/mol. The van der Waals surface area contributed by atoms with Gasteiger partial charge in [-0.05, 0) is 128 Å². The zero-order chi connectivity index (χ0) is 33.3. The Bertz CT molecular complexity index is 2020. The van der Waals surface area contributed by atoms with Crippen molar-refractivity contribution in [3.05, 3.63) is 127 Å². The highest BCUT2D eigenvalue weighted by molar-refractivity contribution is 7.91. The first-order valence-electron chi connectivity index (χ1n) is 14.9. The second kappa shape index (κ2) is 12.4. The summed E-state index contributed by atoms with van der Waals surface area (Å²) in [6.07, 6.45) is 0. The molecule has 5 aromatic rings. The van der Waals surface area contributed by atoms with Crippen molar-refractivity contribution in [3.63, 3.8) is 0 Å². The van der Waals surface area contributed by atoms with E-state index in [0.717, 1.165) is 22.4 Å². The van der Waals surface area contributed by atoms with Crippen molar-refractivity contribution < 1.29 is 26.3 Å². The van der Waals surface area contributed by atoms with Crippen LogP contribution >= 0.6 is 0 Å². The minimum absolute atomic E-state index is 0.0746. The van der Waals surface area contributed by atoms with Crippen molar-refractivity contribution in [2.45, 2.75) is 72.1 Å². The molecule has 0 aliphatic heterocycles. The van der Waals surface area contributed by atoms with E-state index in [0.29, 0.717) is 11.5 Å². The van der Waals surface area contributed by atoms with Gasteiger partial charge in [-0.15, -0.1) is 0 Å². The maximum absolute atomic E-state index is 13.3. The quantitative estimate of drug-likeness (QED) is 0.166. The van der Waals surface area contributed by atoms with Crippen molar-refractivity contribution in [3.8, 4) is 28.4 Å². The van der Waals surface area contributed by atoms with Crippen molar-refractivity contribution >= 4 is 19.7 Å². The van der Waals surface area contributed by atoms with Crippen LogP contribution in [0.15, 0.2) is 141 Å². The van der Waals surface area contributed by atoms with Gasteiger partial charge in [-0.1, -0.05) is 57.2 Å². The molecule has 0 N–H and O–H groups in total. The molecule has 238 valence electrons. The SMILES string of the molecule is CC(C)(C)Oc1ccc(Oc2ccc(S(=O)(=O)c3ccc(-c4ccc(S(=O)(=O)c5ccc(C(C)(C)C)cc5)cc4)cc3)cc2)cc1. The van der Waals surface area contributed by atoms with Gasteiger partial charge < -0.3 is 9.47 Å². The third-order valence-electron chi connectivity index (χ3n) is 7.31. The summed E-state index contributed by atoms with van der Waals surface area (Å²) in [6.45, 7) is 12.2. The average Bonchev–Trinajstić information content (AvgIpc) is 3.01. The summed E-state index contributed by atoms with van der Waals surface area (Å²) in [6, 6.07) is 33.6. The Morgan fingerprint density at radius 2 is 0.717 bits per heavy atom. The van der Waals surface area contributed by atoms with Crippen LogP contribution in [0, 0.1) is 0 Å². The number of rotatable bonds is 8. The van der Waals surface area contributed by atoms with E-state index in [2.05, 4.69) is 20.8 Å². The summed E-state index contributed by atoms with van der Waals surface area (Å²) in [7, 11) is -7.45. The molecule has 0 saturated heterocycles. The Labute approximate surface area is 272 Å². The van der Waals surface area contributed by atoms with Gasteiger partial charge in [0.15, 0.2) is 0 Å². The van der Waals surface area contributed by atoms with Crippen LogP contribution in [0.1, 0.15) is 47.1 Å². The van der Waals surface area contributed by atoms with Gasteiger partial charge in [0.1, 0.15) is 22.8 Å². The molecule has 0 unspecified atom stereocenters. The van der Waals surface area contributed by atoms with E-state index in [9.17, 15) is 16.8 Å². The molecule has 0 saturated carbocycles. The molecule has 0 aliphatic rings. The topological polar surface area (TPSA) is 86.7 Å². The monoisotopic (exact) mass is 654 g/mol. The Morgan fingerprint density at radius 3 is 1.07 bits per heavy atom. The lowest BCUT2D eigenvalue weighted by Gasteiger charge is -2.21. The van der Waals surface area contributed by atoms with E-state index in [1.165, 1.54) is 12.1 Å². The summed E-state index contributed by atoms with van der Waals surface area (Å²) in [5.74, 6) is 1.84. The largest absolute Gasteiger partial charge is 0.488 e. The normalized spacial score (nSPS) is 12.5. The first kappa shape index (κ1) is 33.0. The molecule has 0 radical (unpaired) electrons. The summed E-state index contributed by atoms with van der Waals surface area (Å²) >= 11 is 0. The highest BCUT2D eigenvalue weighted by Crippen LogP contribution is 2.31. The van der Waals surface area contributed by atoms with Gasteiger partial charge in [0, 0.05) is 0 Å². The fourth-order valence-electron chi connectivity index (χ4n) is 4.81. The standard InChI is InChI=1S/C38H38O6S2/c1-37(2,3)29-11-23-35(24-12-29)45(39,40)33-19-7-27(8-20-33)28-9-21-34(22-10-28)46(41,42)36-25-17-31(18-26-36)43-30-13-15-32(16-14-30)44-38(4,5)6/h7-26H,1-6H3.